The molecule has 0 unspecified atom stereocenters. The smallest absolute Gasteiger partial charge is 0.315 e. The first-order valence-corrected chi connectivity index (χ1v) is 5.79. The van der Waals surface area contributed by atoms with Crippen LogP contribution in [0.15, 0.2) is 24.3 Å². The first kappa shape index (κ1) is 12.1. The Morgan fingerprint density at radius 3 is 2.50 bits per heavy atom. The van der Waals surface area contributed by atoms with Crippen molar-refractivity contribution in [3.8, 4) is 6.07 Å². The van der Waals surface area contributed by atoms with E-state index in [0.717, 1.165) is 11.3 Å². The topological polar surface area (TPSA) is 64.4 Å². The number of imide groups is 1. The van der Waals surface area contributed by atoms with Crippen molar-refractivity contribution >= 4 is 17.6 Å². The average Bonchev–Trinajstić information content (AvgIpc) is 2.65. The molecule has 5 nitrogen and oxygen atoms in total. The van der Waals surface area contributed by atoms with Crippen LogP contribution in [0, 0.1) is 11.3 Å². The first-order chi connectivity index (χ1) is 8.67. The minimum Gasteiger partial charge on any atom is -0.315 e. The van der Waals surface area contributed by atoms with Gasteiger partial charge in [-0.1, -0.05) is 6.92 Å². The van der Waals surface area contributed by atoms with Gasteiger partial charge in [-0.3, -0.25) is 4.79 Å². The molecule has 0 saturated carbocycles. The van der Waals surface area contributed by atoms with Gasteiger partial charge in [0.2, 0.25) is 0 Å². The lowest BCUT2D eigenvalue weighted by Crippen LogP contribution is -2.33. The number of rotatable bonds is 3. The monoisotopic (exact) mass is 243 g/mol. The van der Waals surface area contributed by atoms with E-state index in [9.17, 15) is 9.59 Å². The molecule has 0 radical (unpaired) electrons. The number of carbonyl (C=O) groups excluding carboxylic acids is 2. The van der Waals surface area contributed by atoms with Gasteiger partial charge in [0.25, 0.3) is 5.91 Å². The van der Waals surface area contributed by atoms with Gasteiger partial charge in [0, 0.05) is 6.54 Å². The third-order valence-electron chi connectivity index (χ3n) is 2.79. The van der Waals surface area contributed by atoms with E-state index in [1.807, 2.05) is 13.0 Å². The maximum Gasteiger partial charge on any atom is 0.331 e. The number of nitrogens with zero attached hydrogens (tertiary/aromatic N) is 3. The predicted molar refractivity (Wildman–Crippen MR) is 65.9 cm³/mol. The second kappa shape index (κ2) is 4.88. The van der Waals surface area contributed by atoms with Gasteiger partial charge in [-0.15, -0.1) is 0 Å². The highest BCUT2D eigenvalue weighted by molar-refractivity contribution is 6.19. The van der Waals surface area contributed by atoms with Crippen LogP contribution in [0.5, 0.6) is 0 Å². The van der Waals surface area contributed by atoms with Crippen molar-refractivity contribution in [2.75, 3.05) is 18.0 Å². The van der Waals surface area contributed by atoms with Gasteiger partial charge in [-0.2, -0.15) is 5.26 Å². The third-order valence-corrected chi connectivity index (χ3v) is 2.79. The number of nitriles is 1. The minimum atomic E-state index is -0.286. The van der Waals surface area contributed by atoms with Crippen LogP contribution in [0.25, 0.3) is 0 Å². The fourth-order valence-corrected chi connectivity index (χ4v) is 1.93. The van der Waals surface area contributed by atoms with Crippen LogP contribution in [0.1, 0.15) is 18.9 Å². The summed E-state index contributed by atoms with van der Waals surface area (Å²) in [4.78, 5) is 26.5. The summed E-state index contributed by atoms with van der Waals surface area (Å²) in [6.45, 7) is 2.67. The normalized spacial score (nSPS) is 15.1. The Morgan fingerprint density at radius 1 is 1.28 bits per heavy atom. The first-order valence-electron chi connectivity index (χ1n) is 5.79. The highest BCUT2D eigenvalue weighted by atomic mass is 16.2. The van der Waals surface area contributed by atoms with E-state index in [4.69, 9.17) is 5.26 Å². The predicted octanol–water partition coefficient (Wildman–Crippen LogP) is 1.74. The van der Waals surface area contributed by atoms with Crippen LogP contribution in [0.3, 0.4) is 0 Å². The molecular weight excluding hydrogens is 230 g/mol. The molecular formula is C13H13N3O2. The number of urea groups is 1. The molecule has 1 aromatic carbocycles. The highest BCUT2D eigenvalue weighted by Crippen LogP contribution is 2.21. The zero-order valence-corrected chi connectivity index (χ0v) is 10.1. The van der Waals surface area contributed by atoms with Gasteiger partial charge in [0.15, 0.2) is 0 Å². The SMILES string of the molecule is CCCN1CC(=O)N(c2ccc(C#N)cc2)C1=O. The van der Waals surface area contributed by atoms with Gasteiger partial charge < -0.3 is 4.90 Å². The lowest BCUT2D eigenvalue weighted by molar-refractivity contribution is -0.116. The van der Waals surface area contributed by atoms with E-state index in [-0.39, 0.29) is 18.5 Å². The van der Waals surface area contributed by atoms with Crippen LogP contribution in [-0.4, -0.2) is 29.9 Å². The zero-order chi connectivity index (χ0) is 13.1. The van der Waals surface area contributed by atoms with Crippen molar-refractivity contribution in [3.63, 3.8) is 0 Å². The summed E-state index contributed by atoms with van der Waals surface area (Å²) < 4.78 is 0. The Morgan fingerprint density at radius 2 is 1.94 bits per heavy atom. The van der Waals surface area contributed by atoms with Gasteiger partial charge in [0.05, 0.1) is 17.3 Å². The van der Waals surface area contributed by atoms with Crippen molar-refractivity contribution in [1.29, 1.82) is 5.26 Å². The summed E-state index contributed by atoms with van der Waals surface area (Å²) in [6, 6.07) is 8.13. The molecule has 0 atom stereocenters. The van der Waals surface area contributed by atoms with Crippen molar-refractivity contribution in [1.82, 2.24) is 4.90 Å². The molecule has 0 N–H and O–H groups in total. The molecule has 1 heterocycles. The molecule has 1 fully saturated rings. The molecule has 1 saturated heterocycles. The fraction of sp³-hybridized carbons (Fsp3) is 0.308. The van der Waals surface area contributed by atoms with E-state index in [0.29, 0.717) is 17.8 Å². The summed E-state index contributed by atoms with van der Waals surface area (Å²) in [6.07, 6.45) is 0.820. The summed E-state index contributed by atoms with van der Waals surface area (Å²) in [5.74, 6) is -0.224. The number of amides is 3. The molecule has 92 valence electrons. The largest absolute Gasteiger partial charge is 0.331 e. The van der Waals surface area contributed by atoms with E-state index < -0.39 is 0 Å². The minimum absolute atomic E-state index is 0.132. The molecule has 1 aliphatic heterocycles. The number of benzene rings is 1. The second-order valence-corrected chi connectivity index (χ2v) is 4.09. The van der Waals surface area contributed by atoms with Gasteiger partial charge in [-0.05, 0) is 30.7 Å². The van der Waals surface area contributed by atoms with Crippen molar-refractivity contribution in [2.24, 2.45) is 0 Å². The number of hydrogen-bond donors (Lipinski definition) is 0. The van der Waals surface area contributed by atoms with E-state index in [1.54, 1.807) is 24.3 Å². The quantitative estimate of drug-likeness (QED) is 0.759. The van der Waals surface area contributed by atoms with Crippen LogP contribution < -0.4 is 4.90 Å². The number of anilines is 1. The van der Waals surface area contributed by atoms with Crippen LogP contribution in [0.4, 0.5) is 10.5 Å². The van der Waals surface area contributed by atoms with Crippen molar-refractivity contribution < 1.29 is 9.59 Å². The Kier molecular flexibility index (Phi) is 3.28. The molecule has 1 aliphatic rings. The third kappa shape index (κ3) is 2.05. The molecule has 3 amide bonds. The van der Waals surface area contributed by atoms with E-state index in [2.05, 4.69) is 0 Å². The fourth-order valence-electron chi connectivity index (χ4n) is 1.93. The molecule has 0 aliphatic carbocycles. The van der Waals surface area contributed by atoms with Gasteiger partial charge in [0.1, 0.15) is 6.54 Å². The average molecular weight is 243 g/mol. The Bertz CT molecular complexity index is 516. The van der Waals surface area contributed by atoms with E-state index in [1.165, 1.54) is 4.90 Å². The van der Waals surface area contributed by atoms with Crippen LogP contribution >= 0.6 is 0 Å². The zero-order valence-electron chi connectivity index (χ0n) is 10.1. The molecule has 5 heteroatoms. The van der Waals surface area contributed by atoms with Crippen LogP contribution in [-0.2, 0) is 4.79 Å². The van der Waals surface area contributed by atoms with E-state index >= 15 is 0 Å². The standard InChI is InChI=1S/C13H13N3O2/c1-2-7-15-9-12(17)16(13(15)18)11-5-3-10(8-14)4-6-11/h3-6H,2,7,9H2,1H3. The van der Waals surface area contributed by atoms with Gasteiger partial charge >= 0.3 is 6.03 Å². The lowest BCUT2D eigenvalue weighted by Gasteiger charge is -2.16. The summed E-state index contributed by atoms with van der Waals surface area (Å²) in [5, 5.41) is 8.70. The number of hydrogen-bond acceptors (Lipinski definition) is 3. The van der Waals surface area contributed by atoms with Crippen molar-refractivity contribution in [2.45, 2.75) is 13.3 Å². The van der Waals surface area contributed by atoms with Crippen molar-refractivity contribution in [3.05, 3.63) is 29.8 Å². The second-order valence-electron chi connectivity index (χ2n) is 4.09. The summed E-state index contributed by atoms with van der Waals surface area (Å²) in [5.41, 5.74) is 1.02. The van der Waals surface area contributed by atoms with Crippen LogP contribution in [0.2, 0.25) is 0 Å². The highest BCUT2D eigenvalue weighted by Gasteiger charge is 2.36. The maximum atomic E-state index is 12.0. The summed E-state index contributed by atoms with van der Waals surface area (Å²) >= 11 is 0. The Hall–Kier alpha value is -2.35. The number of carbonyl (C=O) groups is 2. The summed E-state index contributed by atoms with van der Waals surface area (Å²) in [7, 11) is 0. The van der Waals surface area contributed by atoms with Gasteiger partial charge in [-0.25, -0.2) is 9.69 Å². The Balaban J connectivity index is 2.25. The molecule has 0 spiro atoms. The molecule has 1 aromatic rings. The molecule has 0 aromatic heterocycles. The molecule has 18 heavy (non-hydrogen) atoms. The Labute approximate surface area is 105 Å². The molecule has 0 bridgehead atoms. The lowest BCUT2D eigenvalue weighted by atomic mass is 10.2. The maximum absolute atomic E-state index is 12.0. The molecule has 2 rings (SSSR count).